The number of carbonyl (C=O) groups is 1. The van der Waals surface area contributed by atoms with Crippen LogP contribution in [0.15, 0.2) is 24.3 Å². The number of rotatable bonds is 11. The van der Waals surface area contributed by atoms with E-state index in [0.29, 0.717) is 0 Å². The second-order valence-corrected chi connectivity index (χ2v) is 5.61. The molecule has 0 radical (unpaired) electrons. The molecule has 1 aromatic rings. The first-order valence-corrected chi connectivity index (χ1v) is 8.02. The quantitative estimate of drug-likeness (QED) is 0.578. The Morgan fingerprint density at radius 2 is 1.35 bits per heavy atom. The van der Waals surface area contributed by atoms with Gasteiger partial charge in [0.25, 0.3) is 0 Å². The Hall–Kier alpha value is -1.31. The average Bonchev–Trinajstić information content (AvgIpc) is 2.43. The topological polar surface area (TPSA) is 37.3 Å². The maximum absolute atomic E-state index is 10.6. The lowest BCUT2D eigenvalue weighted by Crippen LogP contribution is -1.99. The Labute approximate surface area is 123 Å². The van der Waals surface area contributed by atoms with Crippen molar-refractivity contribution in [2.24, 2.45) is 0 Å². The minimum Gasteiger partial charge on any atom is -0.481 e. The lowest BCUT2D eigenvalue weighted by molar-refractivity contribution is -0.136. The van der Waals surface area contributed by atoms with Crippen molar-refractivity contribution in [3.05, 3.63) is 35.4 Å². The van der Waals surface area contributed by atoms with E-state index in [4.69, 9.17) is 5.11 Å². The third-order valence-corrected chi connectivity index (χ3v) is 3.70. The van der Waals surface area contributed by atoms with Crippen LogP contribution in [0.25, 0.3) is 0 Å². The van der Waals surface area contributed by atoms with Gasteiger partial charge in [-0.3, -0.25) is 4.79 Å². The smallest absolute Gasteiger partial charge is 0.307 e. The van der Waals surface area contributed by atoms with Crippen LogP contribution in [0.3, 0.4) is 0 Å². The Kier molecular flexibility index (Phi) is 8.77. The molecule has 0 spiro atoms. The summed E-state index contributed by atoms with van der Waals surface area (Å²) in [6.07, 6.45) is 12.0. The summed E-state index contributed by atoms with van der Waals surface area (Å²) in [5.41, 5.74) is 2.21. The maximum Gasteiger partial charge on any atom is 0.307 e. The van der Waals surface area contributed by atoms with Crippen LogP contribution in [-0.4, -0.2) is 11.1 Å². The van der Waals surface area contributed by atoms with E-state index in [1.54, 1.807) is 0 Å². The largest absolute Gasteiger partial charge is 0.481 e. The summed E-state index contributed by atoms with van der Waals surface area (Å²) >= 11 is 0. The minimum absolute atomic E-state index is 0.123. The van der Waals surface area contributed by atoms with Gasteiger partial charge in [0.05, 0.1) is 6.42 Å². The number of carboxylic acid groups (broad SMARTS) is 1. The number of aryl methyl sites for hydroxylation is 1. The fourth-order valence-corrected chi connectivity index (χ4v) is 2.46. The Morgan fingerprint density at radius 1 is 0.850 bits per heavy atom. The van der Waals surface area contributed by atoms with Crippen molar-refractivity contribution >= 4 is 5.97 Å². The van der Waals surface area contributed by atoms with Gasteiger partial charge < -0.3 is 5.11 Å². The molecule has 0 heterocycles. The molecule has 112 valence electrons. The predicted octanol–water partition coefficient (Wildman–Crippen LogP) is 5.00. The highest BCUT2D eigenvalue weighted by Gasteiger charge is 2.00. The van der Waals surface area contributed by atoms with Gasteiger partial charge in [0.1, 0.15) is 0 Å². The molecule has 0 amide bonds. The molecule has 0 aromatic heterocycles. The zero-order valence-corrected chi connectivity index (χ0v) is 12.7. The highest BCUT2D eigenvalue weighted by atomic mass is 16.4. The van der Waals surface area contributed by atoms with E-state index >= 15 is 0 Å². The van der Waals surface area contributed by atoms with E-state index in [9.17, 15) is 4.79 Å². The summed E-state index contributed by atoms with van der Waals surface area (Å²) < 4.78 is 0. The first-order valence-electron chi connectivity index (χ1n) is 8.02. The van der Waals surface area contributed by atoms with Crippen LogP contribution in [0.1, 0.15) is 69.4 Å². The fourth-order valence-electron chi connectivity index (χ4n) is 2.46. The van der Waals surface area contributed by atoms with Crippen molar-refractivity contribution in [2.45, 2.75) is 71.1 Å². The molecule has 0 aliphatic rings. The molecule has 1 aromatic carbocycles. The van der Waals surface area contributed by atoms with Crippen molar-refractivity contribution in [2.75, 3.05) is 0 Å². The van der Waals surface area contributed by atoms with Gasteiger partial charge in [0.2, 0.25) is 0 Å². The Balaban J connectivity index is 2.08. The Morgan fingerprint density at radius 3 is 1.90 bits per heavy atom. The summed E-state index contributed by atoms with van der Waals surface area (Å²) in [4.78, 5) is 10.6. The van der Waals surface area contributed by atoms with Crippen LogP contribution in [0.4, 0.5) is 0 Å². The van der Waals surface area contributed by atoms with Crippen molar-refractivity contribution in [3.8, 4) is 0 Å². The molecule has 1 rings (SSSR count). The first-order chi connectivity index (χ1) is 9.72. The Bertz CT molecular complexity index is 368. The number of carboxylic acids is 1. The minimum atomic E-state index is -0.763. The monoisotopic (exact) mass is 276 g/mol. The molecule has 0 aliphatic heterocycles. The molecular formula is C18H28O2. The van der Waals surface area contributed by atoms with Crippen LogP contribution < -0.4 is 0 Å². The van der Waals surface area contributed by atoms with E-state index in [2.05, 4.69) is 19.1 Å². The molecule has 2 nitrogen and oxygen atoms in total. The molecular weight excluding hydrogens is 248 g/mol. The van der Waals surface area contributed by atoms with Crippen LogP contribution in [-0.2, 0) is 17.6 Å². The van der Waals surface area contributed by atoms with Gasteiger partial charge in [-0.25, -0.2) is 0 Å². The maximum atomic E-state index is 10.6. The van der Waals surface area contributed by atoms with Gasteiger partial charge >= 0.3 is 5.97 Å². The van der Waals surface area contributed by atoms with Gasteiger partial charge in [-0.1, -0.05) is 76.1 Å². The van der Waals surface area contributed by atoms with Crippen LogP contribution in [0, 0.1) is 0 Å². The standard InChI is InChI=1S/C18H28O2/c1-2-3-4-5-6-7-8-9-10-16-11-13-17(14-12-16)15-18(19)20/h11-14H,2-10,15H2,1H3,(H,19,20). The van der Waals surface area contributed by atoms with Crippen LogP contribution in [0.5, 0.6) is 0 Å². The molecule has 0 atom stereocenters. The molecule has 2 heteroatoms. The van der Waals surface area contributed by atoms with E-state index in [1.807, 2.05) is 12.1 Å². The second-order valence-electron chi connectivity index (χ2n) is 5.61. The molecule has 1 N–H and O–H groups in total. The van der Waals surface area contributed by atoms with Crippen molar-refractivity contribution in [1.82, 2.24) is 0 Å². The number of unbranched alkanes of at least 4 members (excludes halogenated alkanes) is 7. The molecule has 0 fully saturated rings. The van der Waals surface area contributed by atoms with E-state index in [0.717, 1.165) is 12.0 Å². The molecule has 0 unspecified atom stereocenters. The normalized spacial score (nSPS) is 10.7. The molecule has 0 saturated heterocycles. The molecule has 0 bridgehead atoms. The highest BCUT2D eigenvalue weighted by molar-refractivity contribution is 5.70. The van der Waals surface area contributed by atoms with E-state index in [-0.39, 0.29) is 6.42 Å². The van der Waals surface area contributed by atoms with Crippen molar-refractivity contribution < 1.29 is 9.90 Å². The zero-order chi connectivity index (χ0) is 14.6. The van der Waals surface area contributed by atoms with Gasteiger partial charge in [0.15, 0.2) is 0 Å². The van der Waals surface area contributed by atoms with E-state index < -0.39 is 5.97 Å². The number of aliphatic carboxylic acids is 1. The average molecular weight is 276 g/mol. The number of hydrogen-bond donors (Lipinski definition) is 1. The van der Waals surface area contributed by atoms with Gasteiger partial charge in [-0.15, -0.1) is 0 Å². The van der Waals surface area contributed by atoms with Crippen molar-refractivity contribution in [1.29, 1.82) is 0 Å². The van der Waals surface area contributed by atoms with Gasteiger partial charge in [-0.2, -0.15) is 0 Å². The second kappa shape index (κ2) is 10.5. The number of hydrogen-bond acceptors (Lipinski definition) is 1. The fraction of sp³-hybridized carbons (Fsp3) is 0.611. The van der Waals surface area contributed by atoms with Crippen LogP contribution >= 0.6 is 0 Å². The molecule has 0 aliphatic carbocycles. The lowest BCUT2D eigenvalue weighted by atomic mass is 10.0. The highest BCUT2D eigenvalue weighted by Crippen LogP contribution is 2.12. The molecule has 20 heavy (non-hydrogen) atoms. The van der Waals surface area contributed by atoms with Crippen LogP contribution in [0.2, 0.25) is 0 Å². The number of benzene rings is 1. The van der Waals surface area contributed by atoms with Gasteiger partial charge in [0, 0.05) is 0 Å². The predicted molar refractivity (Wildman–Crippen MR) is 84.1 cm³/mol. The summed E-state index contributed by atoms with van der Waals surface area (Å²) in [6, 6.07) is 8.02. The summed E-state index contributed by atoms with van der Waals surface area (Å²) in [7, 11) is 0. The van der Waals surface area contributed by atoms with Crippen molar-refractivity contribution in [3.63, 3.8) is 0 Å². The molecule has 0 saturated carbocycles. The SMILES string of the molecule is CCCCCCCCCCc1ccc(CC(=O)O)cc1. The zero-order valence-electron chi connectivity index (χ0n) is 12.7. The summed E-state index contributed by atoms with van der Waals surface area (Å²) in [6.45, 7) is 2.25. The van der Waals surface area contributed by atoms with Gasteiger partial charge in [-0.05, 0) is 24.0 Å². The third kappa shape index (κ3) is 7.98. The van der Waals surface area contributed by atoms with E-state index in [1.165, 1.54) is 56.9 Å². The summed E-state index contributed by atoms with van der Waals surface area (Å²) in [5.74, 6) is -0.763. The first kappa shape index (κ1) is 16.7. The lowest BCUT2D eigenvalue weighted by Gasteiger charge is -2.04. The summed E-state index contributed by atoms with van der Waals surface area (Å²) in [5, 5.41) is 8.71. The third-order valence-electron chi connectivity index (χ3n) is 3.70.